The highest BCUT2D eigenvalue weighted by Gasteiger charge is 2.31. The predicted octanol–water partition coefficient (Wildman–Crippen LogP) is 1.47. The van der Waals surface area contributed by atoms with Gasteiger partial charge in [-0.2, -0.15) is 0 Å². The predicted molar refractivity (Wildman–Crippen MR) is 124 cm³/mol. The van der Waals surface area contributed by atoms with Crippen LogP contribution in [0.5, 0.6) is 11.5 Å². The number of rotatable bonds is 5. The largest absolute Gasteiger partial charge is 0.497 e. The first-order valence-electron chi connectivity index (χ1n) is 10.8. The quantitative estimate of drug-likeness (QED) is 0.684. The van der Waals surface area contributed by atoms with Gasteiger partial charge in [-0.3, -0.25) is 19.3 Å². The van der Waals surface area contributed by atoms with Crippen molar-refractivity contribution >= 4 is 29.1 Å². The number of benzene rings is 2. The van der Waals surface area contributed by atoms with E-state index in [0.717, 1.165) is 11.4 Å². The van der Waals surface area contributed by atoms with Gasteiger partial charge in [-0.1, -0.05) is 6.07 Å². The van der Waals surface area contributed by atoms with Crippen molar-refractivity contribution in [2.45, 2.75) is 0 Å². The second-order valence-electron chi connectivity index (χ2n) is 8.22. The Balaban J connectivity index is 1.44. The number of piperazine rings is 1. The second kappa shape index (κ2) is 9.40. The van der Waals surface area contributed by atoms with Gasteiger partial charge in [0.1, 0.15) is 18.0 Å². The summed E-state index contributed by atoms with van der Waals surface area (Å²) in [6.07, 6.45) is 0. The van der Waals surface area contributed by atoms with Crippen LogP contribution < -0.4 is 19.3 Å². The number of nitrogens with zero attached hydrogens (tertiary/aromatic N) is 4. The Kier molecular flexibility index (Phi) is 6.39. The van der Waals surface area contributed by atoms with Crippen molar-refractivity contribution in [3.8, 4) is 11.5 Å². The fourth-order valence-corrected chi connectivity index (χ4v) is 4.02. The fraction of sp³-hybridized carbons (Fsp3) is 0.375. The van der Waals surface area contributed by atoms with Crippen LogP contribution in [0.2, 0.25) is 0 Å². The smallest absolute Gasteiger partial charge is 0.265 e. The summed E-state index contributed by atoms with van der Waals surface area (Å²) in [4.78, 5) is 44.9. The van der Waals surface area contributed by atoms with Crippen LogP contribution in [0.1, 0.15) is 10.4 Å². The Bertz CT molecular complexity index is 1060. The highest BCUT2D eigenvalue weighted by Crippen LogP contribution is 2.33. The number of carbonyl (C=O) groups is 3. The molecule has 0 spiro atoms. The number of amides is 3. The minimum absolute atomic E-state index is 0.0893. The zero-order valence-corrected chi connectivity index (χ0v) is 19.1. The van der Waals surface area contributed by atoms with Crippen molar-refractivity contribution in [2.75, 3.05) is 70.3 Å². The van der Waals surface area contributed by atoms with Crippen LogP contribution in [0.4, 0.5) is 11.4 Å². The number of carbonyl (C=O) groups excluding carboxylic acids is 3. The number of fused-ring (bicyclic) bond motifs is 1. The lowest BCUT2D eigenvalue weighted by molar-refractivity contribution is -0.132. The molecule has 1 fully saturated rings. The van der Waals surface area contributed by atoms with Crippen molar-refractivity contribution in [3.63, 3.8) is 0 Å². The molecule has 0 radical (unpaired) electrons. The maximum Gasteiger partial charge on any atom is 0.265 e. The number of ether oxygens (including phenoxy) is 2. The molecular formula is C24H28N4O5. The van der Waals surface area contributed by atoms with Gasteiger partial charge in [0.15, 0.2) is 6.61 Å². The molecule has 0 atom stereocenters. The molecule has 1 saturated heterocycles. The molecule has 4 rings (SSSR count). The van der Waals surface area contributed by atoms with Crippen LogP contribution in [0.15, 0.2) is 42.5 Å². The minimum Gasteiger partial charge on any atom is -0.497 e. The van der Waals surface area contributed by atoms with E-state index in [0.29, 0.717) is 43.2 Å². The third-order valence-electron chi connectivity index (χ3n) is 5.90. The average Bonchev–Trinajstić information content (AvgIpc) is 2.85. The Morgan fingerprint density at radius 2 is 1.82 bits per heavy atom. The summed E-state index contributed by atoms with van der Waals surface area (Å²) in [5, 5.41) is 0. The Labute approximate surface area is 193 Å². The molecule has 0 unspecified atom stereocenters. The standard InChI is InChI=1S/C24H28N4O5/c1-25(2)24(31)17-7-8-21-20(13-17)28(23(30)16-33-21)15-22(29)27-11-9-26(10-12-27)18-5-4-6-19(14-18)32-3/h4-8,13-14H,9-12,15-16H2,1-3H3. The molecule has 33 heavy (non-hydrogen) atoms. The van der Waals surface area contributed by atoms with Gasteiger partial charge in [-0.25, -0.2) is 0 Å². The third kappa shape index (κ3) is 4.72. The Morgan fingerprint density at radius 1 is 1.06 bits per heavy atom. The van der Waals surface area contributed by atoms with E-state index in [2.05, 4.69) is 4.90 Å². The molecule has 0 saturated carbocycles. The van der Waals surface area contributed by atoms with Crippen LogP contribution in [0.25, 0.3) is 0 Å². The molecule has 3 amide bonds. The number of hydrogen-bond donors (Lipinski definition) is 0. The summed E-state index contributed by atoms with van der Waals surface area (Å²) in [7, 11) is 4.96. The third-order valence-corrected chi connectivity index (χ3v) is 5.90. The maximum atomic E-state index is 13.1. The molecule has 2 aliphatic rings. The number of hydrogen-bond acceptors (Lipinski definition) is 6. The van der Waals surface area contributed by atoms with E-state index in [-0.39, 0.29) is 30.9 Å². The molecule has 9 nitrogen and oxygen atoms in total. The molecule has 2 aromatic carbocycles. The van der Waals surface area contributed by atoms with E-state index in [1.54, 1.807) is 44.3 Å². The zero-order valence-electron chi connectivity index (χ0n) is 19.1. The summed E-state index contributed by atoms with van der Waals surface area (Å²) in [5.74, 6) is 0.657. The molecule has 0 N–H and O–H groups in total. The molecular weight excluding hydrogens is 424 g/mol. The summed E-state index contributed by atoms with van der Waals surface area (Å²) in [6, 6.07) is 12.8. The zero-order chi connectivity index (χ0) is 23.5. The van der Waals surface area contributed by atoms with Crippen LogP contribution in [-0.2, 0) is 9.59 Å². The molecule has 0 bridgehead atoms. The van der Waals surface area contributed by atoms with E-state index in [4.69, 9.17) is 9.47 Å². The molecule has 9 heteroatoms. The first-order valence-corrected chi connectivity index (χ1v) is 10.8. The SMILES string of the molecule is COc1cccc(N2CCN(C(=O)CN3C(=O)COc4ccc(C(=O)N(C)C)cc43)CC2)c1. The van der Waals surface area contributed by atoms with Crippen molar-refractivity contribution in [2.24, 2.45) is 0 Å². The summed E-state index contributed by atoms with van der Waals surface area (Å²) in [6.45, 7) is 2.27. The van der Waals surface area contributed by atoms with Crippen LogP contribution in [-0.4, -0.2) is 88.1 Å². The first kappa shape index (κ1) is 22.4. The van der Waals surface area contributed by atoms with Gasteiger partial charge >= 0.3 is 0 Å². The number of methoxy groups -OCH3 is 1. The Hall–Kier alpha value is -3.75. The fourth-order valence-electron chi connectivity index (χ4n) is 4.02. The van der Waals surface area contributed by atoms with Gasteiger partial charge < -0.3 is 24.2 Å². The van der Waals surface area contributed by atoms with Gasteiger partial charge in [-0.05, 0) is 30.3 Å². The summed E-state index contributed by atoms with van der Waals surface area (Å²) < 4.78 is 10.8. The van der Waals surface area contributed by atoms with Crippen molar-refractivity contribution < 1.29 is 23.9 Å². The maximum absolute atomic E-state index is 13.1. The molecule has 2 heterocycles. The van der Waals surface area contributed by atoms with E-state index in [1.807, 2.05) is 24.3 Å². The topological polar surface area (TPSA) is 82.6 Å². The van der Waals surface area contributed by atoms with Crippen molar-refractivity contribution in [1.82, 2.24) is 9.80 Å². The van der Waals surface area contributed by atoms with E-state index in [1.165, 1.54) is 9.80 Å². The molecule has 2 aliphatic heterocycles. The summed E-state index contributed by atoms with van der Waals surface area (Å²) in [5.41, 5.74) is 1.93. The molecule has 0 aliphatic carbocycles. The van der Waals surface area contributed by atoms with Gasteiger partial charge in [0.05, 0.1) is 12.8 Å². The first-order chi connectivity index (χ1) is 15.9. The van der Waals surface area contributed by atoms with Gasteiger partial charge in [-0.15, -0.1) is 0 Å². The summed E-state index contributed by atoms with van der Waals surface area (Å²) >= 11 is 0. The van der Waals surface area contributed by atoms with Gasteiger partial charge in [0, 0.05) is 57.6 Å². The normalized spacial score (nSPS) is 15.6. The highest BCUT2D eigenvalue weighted by molar-refractivity contribution is 6.04. The van der Waals surface area contributed by atoms with Crippen molar-refractivity contribution in [1.29, 1.82) is 0 Å². The average molecular weight is 453 g/mol. The van der Waals surface area contributed by atoms with E-state index < -0.39 is 0 Å². The molecule has 2 aromatic rings. The van der Waals surface area contributed by atoms with Crippen LogP contribution in [0.3, 0.4) is 0 Å². The minimum atomic E-state index is -0.305. The van der Waals surface area contributed by atoms with Gasteiger partial charge in [0.2, 0.25) is 5.91 Å². The van der Waals surface area contributed by atoms with Gasteiger partial charge in [0.25, 0.3) is 11.8 Å². The van der Waals surface area contributed by atoms with Crippen LogP contribution >= 0.6 is 0 Å². The highest BCUT2D eigenvalue weighted by atomic mass is 16.5. The number of anilines is 2. The monoisotopic (exact) mass is 452 g/mol. The Morgan fingerprint density at radius 3 is 2.52 bits per heavy atom. The van der Waals surface area contributed by atoms with Crippen LogP contribution in [0, 0.1) is 0 Å². The lowest BCUT2D eigenvalue weighted by atomic mass is 10.1. The lowest BCUT2D eigenvalue weighted by Crippen LogP contribution is -2.53. The van der Waals surface area contributed by atoms with Crippen molar-refractivity contribution in [3.05, 3.63) is 48.0 Å². The second-order valence-corrected chi connectivity index (χ2v) is 8.22. The molecule has 174 valence electrons. The molecule has 0 aromatic heterocycles. The van der Waals surface area contributed by atoms with E-state index in [9.17, 15) is 14.4 Å². The lowest BCUT2D eigenvalue weighted by Gasteiger charge is -2.37. The van der Waals surface area contributed by atoms with E-state index >= 15 is 0 Å².